The van der Waals surface area contributed by atoms with Gasteiger partial charge in [0.25, 0.3) is 0 Å². The summed E-state index contributed by atoms with van der Waals surface area (Å²) in [5.74, 6) is -0.483. The van der Waals surface area contributed by atoms with Crippen molar-refractivity contribution >= 4 is 5.78 Å². The number of carbonyl (C=O) groups excluding carboxylic acids is 1. The van der Waals surface area contributed by atoms with Crippen LogP contribution in [0.4, 0.5) is 0 Å². The number of ketones is 1. The lowest BCUT2D eigenvalue weighted by molar-refractivity contribution is 0.0966. The molecular weight excluding hydrogens is 310 g/mol. The number of benzene rings is 1. The molecule has 122 valence electrons. The number of aromatic nitrogens is 3. The van der Waals surface area contributed by atoms with Crippen molar-refractivity contribution in [2.75, 3.05) is 7.11 Å². The van der Waals surface area contributed by atoms with Gasteiger partial charge in [0, 0.05) is 11.8 Å². The second kappa shape index (κ2) is 6.49. The first-order valence-corrected chi connectivity index (χ1v) is 7.26. The summed E-state index contributed by atoms with van der Waals surface area (Å²) in [6.45, 7) is 1.68. The Morgan fingerprint density at radius 2 is 2.04 bits per heavy atom. The van der Waals surface area contributed by atoms with E-state index in [9.17, 15) is 9.59 Å². The molecule has 2 heterocycles. The molecule has 1 aromatic carbocycles. The van der Waals surface area contributed by atoms with Crippen molar-refractivity contribution < 1.29 is 14.1 Å². The highest BCUT2D eigenvalue weighted by Crippen LogP contribution is 2.21. The van der Waals surface area contributed by atoms with E-state index >= 15 is 0 Å². The average Bonchev–Trinajstić information content (AvgIpc) is 2.96. The van der Waals surface area contributed by atoms with Crippen LogP contribution in [0.2, 0.25) is 0 Å². The van der Waals surface area contributed by atoms with E-state index in [0.717, 1.165) is 11.1 Å². The highest BCUT2D eigenvalue weighted by atomic mass is 16.5. The molecule has 0 saturated heterocycles. The van der Waals surface area contributed by atoms with Crippen LogP contribution in [0.25, 0.3) is 11.4 Å². The van der Waals surface area contributed by atoms with E-state index in [1.54, 1.807) is 12.1 Å². The summed E-state index contributed by atoms with van der Waals surface area (Å²) in [4.78, 5) is 28.5. The van der Waals surface area contributed by atoms with Crippen molar-refractivity contribution in [3.05, 3.63) is 64.3 Å². The minimum absolute atomic E-state index is 0.212. The fraction of sp³-hybridized carbons (Fsp3) is 0.176. The van der Waals surface area contributed by atoms with Crippen molar-refractivity contribution in [3.8, 4) is 17.3 Å². The fourth-order valence-corrected chi connectivity index (χ4v) is 2.42. The molecule has 0 N–H and O–H groups in total. The van der Waals surface area contributed by atoms with E-state index in [-0.39, 0.29) is 18.2 Å². The zero-order chi connectivity index (χ0) is 17.1. The number of aryl methyl sites for hydroxylation is 1. The summed E-state index contributed by atoms with van der Waals surface area (Å²) in [6, 6.07) is 10.7. The zero-order valence-electron chi connectivity index (χ0n) is 13.2. The van der Waals surface area contributed by atoms with Crippen LogP contribution in [0.15, 0.2) is 51.9 Å². The van der Waals surface area contributed by atoms with Crippen LogP contribution in [-0.4, -0.2) is 27.6 Å². The molecule has 7 heteroatoms. The Hall–Kier alpha value is -3.22. The molecule has 24 heavy (non-hydrogen) atoms. The van der Waals surface area contributed by atoms with Gasteiger partial charge >= 0.3 is 5.76 Å². The van der Waals surface area contributed by atoms with Crippen molar-refractivity contribution in [3.63, 3.8) is 0 Å². The summed E-state index contributed by atoms with van der Waals surface area (Å²) < 4.78 is 11.1. The third-order valence-electron chi connectivity index (χ3n) is 3.64. The lowest BCUT2D eigenvalue weighted by Gasteiger charge is -2.08. The number of rotatable bonds is 5. The Balaban J connectivity index is 2.00. The van der Waals surface area contributed by atoms with E-state index < -0.39 is 5.76 Å². The minimum Gasteiger partial charge on any atom is -0.480 e. The number of Topliss-reactive ketones (excluding diaryl/α,β-unsaturated/α-hetero) is 1. The molecule has 3 rings (SSSR count). The van der Waals surface area contributed by atoms with Gasteiger partial charge in [-0.2, -0.15) is 0 Å². The average molecular weight is 325 g/mol. The van der Waals surface area contributed by atoms with Gasteiger partial charge < -0.3 is 4.74 Å². The first kappa shape index (κ1) is 15.7. The molecule has 0 amide bonds. The molecule has 0 aliphatic rings. The molecule has 0 spiro atoms. The molecule has 0 saturated carbocycles. The summed E-state index contributed by atoms with van der Waals surface area (Å²) in [5, 5.41) is 3.81. The number of carbonyl (C=O) groups is 1. The summed E-state index contributed by atoms with van der Waals surface area (Å²) in [7, 11) is 1.43. The van der Waals surface area contributed by atoms with Gasteiger partial charge in [-0.05, 0) is 24.6 Å². The van der Waals surface area contributed by atoms with Crippen LogP contribution in [0.5, 0.6) is 5.88 Å². The van der Waals surface area contributed by atoms with Crippen molar-refractivity contribution in [2.45, 2.75) is 13.5 Å². The van der Waals surface area contributed by atoms with Crippen LogP contribution in [0.1, 0.15) is 15.9 Å². The SMILES string of the molecule is COc1ncccc1C(=O)Cn1c(-c2ccccc2C)noc1=O. The third-order valence-corrected chi connectivity index (χ3v) is 3.64. The predicted molar refractivity (Wildman–Crippen MR) is 86.1 cm³/mol. The minimum atomic E-state index is -0.690. The van der Waals surface area contributed by atoms with Crippen LogP contribution in [0.3, 0.4) is 0 Å². The lowest BCUT2D eigenvalue weighted by Crippen LogP contribution is -2.22. The van der Waals surface area contributed by atoms with Gasteiger partial charge in [0.05, 0.1) is 19.2 Å². The highest BCUT2D eigenvalue weighted by molar-refractivity contribution is 5.98. The number of nitrogens with zero attached hydrogens (tertiary/aromatic N) is 3. The van der Waals surface area contributed by atoms with E-state index in [1.807, 2.05) is 31.2 Å². The van der Waals surface area contributed by atoms with Gasteiger partial charge in [-0.3, -0.25) is 9.32 Å². The summed E-state index contributed by atoms with van der Waals surface area (Å²) >= 11 is 0. The van der Waals surface area contributed by atoms with Gasteiger partial charge in [0.15, 0.2) is 11.6 Å². The van der Waals surface area contributed by atoms with Gasteiger partial charge in [-0.25, -0.2) is 14.3 Å². The van der Waals surface area contributed by atoms with E-state index in [4.69, 9.17) is 9.26 Å². The van der Waals surface area contributed by atoms with Crippen LogP contribution in [-0.2, 0) is 6.54 Å². The Morgan fingerprint density at radius 1 is 1.25 bits per heavy atom. The van der Waals surface area contributed by atoms with E-state index in [2.05, 4.69) is 10.1 Å². The standard InChI is InChI=1S/C17H15N3O4/c1-11-6-3-4-7-12(11)15-19-24-17(22)20(15)10-14(21)13-8-5-9-18-16(13)23-2/h3-9H,10H2,1-2H3. The zero-order valence-corrected chi connectivity index (χ0v) is 13.2. The van der Waals surface area contributed by atoms with Crippen LogP contribution < -0.4 is 10.5 Å². The van der Waals surface area contributed by atoms with Gasteiger partial charge in [0.2, 0.25) is 5.88 Å². The fourth-order valence-electron chi connectivity index (χ4n) is 2.42. The van der Waals surface area contributed by atoms with Crippen molar-refractivity contribution in [1.82, 2.24) is 14.7 Å². The maximum atomic E-state index is 12.6. The smallest absolute Gasteiger partial charge is 0.442 e. The Morgan fingerprint density at radius 3 is 2.79 bits per heavy atom. The maximum Gasteiger partial charge on any atom is 0.442 e. The number of hydrogen-bond donors (Lipinski definition) is 0. The number of ether oxygens (including phenoxy) is 1. The van der Waals surface area contributed by atoms with E-state index in [1.165, 1.54) is 17.9 Å². The number of hydrogen-bond acceptors (Lipinski definition) is 6. The highest BCUT2D eigenvalue weighted by Gasteiger charge is 2.20. The van der Waals surface area contributed by atoms with Crippen LogP contribution in [0, 0.1) is 6.92 Å². The van der Waals surface area contributed by atoms with Crippen LogP contribution >= 0.6 is 0 Å². The Bertz CT molecular complexity index is 943. The van der Waals surface area contributed by atoms with Gasteiger partial charge in [0.1, 0.15) is 0 Å². The summed E-state index contributed by atoms with van der Waals surface area (Å²) in [5.41, 5.74) is 1.95. The first-order chi connectivity index (χ1) is 11.6. The number of methoxy groups -OCH3 is 1. The second-order valence-electron chi connectivity index (χ2n) is 5.16. The molecule has 7 nitrogen and oxygen atoms in total. The molecule has 0 unspecified atom stereocenters. The molecule has 0 aliphatic carbocycles. The predicted octanol–water partition coefficient (Wildman–Crippen LogP) is 2.10. The topological polar surface area (TPSA) is 87.2 Å². The molecule has 0 bridgehead atoms. The van der Waals surface area contributed by atoms with Gasteiger partial charge in [-0.15, -0.1) is 0 Å². The first-order valence-electron chi connectivity index (χ1n) is 7.26. The molecule has 0 radical (unpaired) electrons. The molecule has 3 aromatic rings. The Labute approximate surface area is 137 Å². The van der Waals surface area contributed by atoms with E-state index in [0.29, 0.717) is 11.4 Å². The molecular formula is C17H15N3O4. The van der Waals surface area contributed by atoms with Crippen molar-refractivity contribution in [2.24, 2.45) is 0 Å². The normalized spacial score (nSPS) is 10.6. The second-order valence-corrected chi connectivity index (χ2v) is 5.16. The van der Waals surface area contributed by atoms with Gasteiger partial charge in [-0.1, -0.05) is 29.4 Å². The number of pyridine rings is 1. The lowest BCUT2D eigenvalue weighted by atomic mass is 10.1. The molecule has 0 aliphatic heterocycles. The Kier molecular flexibility index (Phi) is 4.24. The molecule has 2 aromatic heterocycles. The quantitative estimate of drug-likeness (QED) is 0.668. The maximum absolute atomic E-state index is 12.6. The van der Waals surface area contributed by atoms with Crippen molar-refractivity contribution in [1.29, 1.82) is 0 Å². The monoisotopic (exact) mass is 325 g/mol. The molecule has 0 fully saturated rings. The molecule has 0 atom stereocenters. The third kappa shape index (κ3) is 2.83. The summed E-state index contributed by atoms with van der Waals surface area (Å²) in [6.07, 6.45) is 1.53. The largest absolute Gasteiger partial charge is 0.480 e.